The molecule has 0 N–H and O–H groups in total. The van der Waals surface area contributed by atoms with Gasteiger partial charge in [0.25, 0.3) is 0 Å². The van der Waals surface area contributed by atoms with Crippen LogP contribution in [0.4, 0.5) is 10.1 Å². The SMILES string of the molecule is CN1CC2CC1C(=O)N2c1cccc(F)c1. The molecule has 84 valence electrons. The number of hydrogen-bond acceptors (Lipinski definition) is 2. The highest BCUT2D eigenvalue weighted by Gasteiger charge is 2.48. The fourth-order valence-electron chi connectivity index (χ4n) is 2.75. The molecular formula is C12H13FN2O. The van der Waals surface area contributed by atoms with E-state index in [1.807, 2.05) is 7.05 Å². The average Bonchev–Trinajstić information content (AvgIpc) is 2.73. The van der Waals surface area contributed by atoms with Crippen molar-refractivity contribution in [1.82, 2.24) is 4.90 Å². The Morgan fingerprint density at radius 2 is 2.25 bits per heavy atom. The van der Waals surface area contributed by atoms with E-state index < -0.39 is 0 Å². The van der Waals surface area contributed by atoms with Gasteiger partial charge in [0.05, 0.1) is 12.1 Å². The first-order valence-corrected chi connectivity index (χ1v) is 5.45. The monoisotopic (exact) mass is 220 g/mol. The summed E-state index contributed by atoms with van der Waals surface area (Å²) in [6.07, 6.45) is 0.867. The summed E-state index contributed by atoms with van der Waals surface area (Å²) in [6, 6.07) is 6.47. The van der Waals surface area contributed by atoms with E-state index in [-0.39, 0.29) is 23.8 Å². The van der Waals surface area contributed by atoms with Gasteiger partial charge in [-0.3, -0.25) is 9.69 Å². The Hall–Kier alpha value is -1.42. The number of piperazine rings is 1. The topological polar surface area (TPSA) is 23.6 Å². The molecule has 1 amide bonds. The summed E-state index contributed by atoms with van der Waals surface area (Å²) in [4.78, 5) is 15.9. The number of nitrogens with zero attached hydrogens (tertiary/aromatic N) is 2. The van der Waals surface area contributed by atoms with Crippen molar-refractivity contribution in [2.75, 3.05) is 18.5 Å². The van der Waals surface area contributed by atoms with Crippen LogP contribution in [0, 0.1) is 5.82 Å². The number of anilines is 1. The van der Waals surface area contributed by atoms with Crippen molar-refractivity contribution in [2.24, 2.45) is 0 Å². The fraction of sp³-hybridized carbons (Fsp3) is 0.417. The molecule has 16 heavy (non-hydrogen) atoms. The van der Waals surface area contributed by atoms with E-state index in [2.05, 4.69) is 4.90 Å². The predicted molar refractivity (Wildman–Crippen MR) is 58.7 cm³/mol. The molecule has 2 saturated heterocycles. The van der Waals surface area contributed by atoms with Gasteiger partial charge < -0.3 is 4.90 Å². The van der Waals surface area contributed by atoms with Crippen LogP contribution < -0.4 is 4.90 Å². The van der Waals surface area contributed by atoms with Gasteiger partial charge >= 0.3 is 0 Å². The summed E-state index contributed by atoms with van der Waals surface area (Å²) in [7, 11) is 1.96. The van der Waals surface area contributed by atoms with Crippen LogP contribution in [0.2, 0.25) is 0 Å². The largest absolute Gasteiger partial charge is 0.307 e. The van der Waals surface area contributed by atoms with Gasteiger partial charge in [0.1, 0.15) is 5.82 Å². The zero-order valence-corrected chi connectivity index (χ0v) is 9.06. The number of fused-ring (bicyclic) bond motifs is 2. The minimum atomic E-state index is -0.290. The highest BCUT2D eigenvalue weighted by atomic mass is 19.1. The summed E-state index contributed by atoms with van der Waals surface area (Å²) in [5.74, 6) is -0.189. The number of halogens is 1. The van der Waals surface area contributed by atoms with Crippen LogP contribution in [0.5, 0.6) is 0 Å². The molecule has 2 aliphatic rings. The molecule has 2 bridgehead atoms. The number of benzene rings is 1. The maximum atomic E-state index is 13.1. The number of likely N-dealkylation sites (N-methyl/N-ethyl adjacent to an activating group) is 1. The second kappa shape index (κ2) is 3.28. The van der Waals surface area contributed by atoms with Gasteiger partial charge in [0.15, 0.2) is 0 Å². The Morgan fingerprint density at radius 1 is 1.44 bits per heavy atom. The summed E-state index contributed by atoms with van der Waals surface area (Å²) in [5.41, 5.74) is 0.686. The first-order chi connectivity index (χ1) is 7.66. The summed E-state index contributed by atoms with van der Waals surface area (Å²) in [6.45, 7) is 0.882. The van der Waals surface area contributed by atoms with E-state index in [0.717, 1.165) is 13.0 Å². The quantitative estimate of drug-likeness (QED) is 0.711. The lowest BCUT2D eigenvalue weighted by Gasteiger charge is -2.31. The Morgan fingerprint density at radius 3 is 2.88 bits per heavy atom. The second-order valence-corrected chi connectivity index (χ2v) is 4.53. The summed E-state index contributed by atoms with van der Waals surface area (Å²) >= 11 is 0. The van der Waals surface area contributed by atoms with Gasteiger partial charge in [-0.05, 0) is 31.7 Å². The molecule has 3 rings (SSSR count). The minimum Gasteiger partial charge on any atom is -0.307 e. The summed E-state index contributed by atoms with van der Waals surface area (Å²) in [5, 5.41) is 0. The van der Waals surface area contributed by atoms with Crippen LogP contribution >= 0.6 is 0 Å². The molecule has 3 nitrogen and oxygen atoms in total. The van der Waals surface area contributed by atoms with Crippen LogP contribution in [0.3, 0.4) is 0 Å². The maximum absolute atomic E-state index is 13.1. The van der Waals surface area contributed by atoms with Gasteiger partial charge in [0, 0.05) is 12.2 Å². The van der Waals surface area contributed by atoms with Crippen LogP contribution in [0.15, 0.2) is 24.3 Å². The third kappa shape index (κ3) is 1.26. The molecule has 2 atom stereocenters. The molecule has 1 aromatic carbocycles. The van der Waals surface area contributed by atoms with E-state index >= 15 is 0 Å². The molecule has 2 unspecified atom stereocenters. The molecule has 0 aromatic heterocycles. The Balaban J connectivity index is 1.95. The van der Waals surface area contributed by atoms with Crippen LogP contribution in [-0.2, 0) is 4.79 Å². The van der Waals surface area contributed by atoms with E-state index in [9.17, 15) is 9.18 Å². The van der Waals surface area contributed by atoms with Gasteiger partial charge in [-0.2, -0.15) is 0 Å². The van der Waals surface area contributed by atoms with Crippen LogP contribution in [-0.4, -0.2) is 36.5 Å². The van der Waals surface area contributed by atoms with Crippen LogP contribution in [0.1, 0.15) is 6.42 Å². The Kier molecular flexibility index (Phi) is 2.01. The third-order valence-corrected chi connectivity index (χ3v) is 3.50. The number of likely N-dealkylation sites (tertiary alicyclic amines) is 1. The first-order valence-electron chi connectivity index (χ1n) is 5.45. The lowest BCUT2D eigenvalue weighted by molar-refractivity contribution is -0.122. The van der Waals surface area contributed by atoms with E-state index in [1.165, 1.54) is 12.1 Å². The van der Waals surface area contributed by atoms with Crippen molar-refractivity contribution in [3.63, 3.8) is 0 Å². The summed E-state index contributed by atoms with van der Waals surface area (Å²) < 4.78 is 13.1. The van der Waals surface area contributed by atoms with Crippen LogP contribution in [0.25, 0.3) is 0 Å². The number of carbonyl (C=O) groups is 1. The van der Waals surface area contributed by atoms with Crippen molar-refractivity contribution in [2.45, 2.75) is 18.5 Å². The Labute approximate surface area is 93.5 Å². The Bertz CT molecular complexity index is 448. The highest BCUT2D eigenvalue weighted by molar-refractivity contribution is 6.01. The number of rotatable bonds is 1. The molecule has 4 heteroatoms. The molecule has 0 saturated carbocycles. The van der Waals surface area contributed by atoms with E-state index in [0.29, 0.717) is 5.69 Å². The number of hydrogen-bond donors (Lipinski definition) is 0. The number of amides is 1. The maximum Gasteiger partial charge on any atom is 0.244 e. The molecular weight excluding hydrogens is 207 g/mol. The second-order valence-electron chi connectivity index (χ2n) is 4.53. The lowest BCUT2D eigenvalue weighted by Crippen LogP contribution is -2.48. The van der Waals surface area contributed by atoms with E-state index in [4.69, 9.17) is 0 Å². The van der Waals surface area contributed by atoms with Gasteiger partial charge in [0.2, 0.25) is 5.91 Å². The zero-order valence-electron chi connectivity index (χ0n) is 9.06. The molecule has 1 aromatic rings. The molecule has 2 aliphatic heterocycles. The molecule has 2 fully saturated rings. The average molecular weight is 220 g/mol. The van der Waals surface area contributed by atoms with Gasteiger partial charge in [-0.25, -0.2) is 4.39 Å². The third-order valence-electron chi connectivity index (χ3n) is 3.50. The normalized spacial score (nSPS) is 29.1. The standard InChI is InChI=1S/C12H13FN2O/c1-14-7-10-6-11(14)12(16)15(10)9-4-2-3-8(13)5-9/h2-5,10-11H,6-7H2,1H3. The molecule has 0 radical (unpaired) electrons. The van der Waals surface area contributed by atoms with Gasteiger partial charge in [-0.1, -0.05) is 6.07 Å². The van der Waals surface area contributed by atoms with Crippen molar-refractivity contribution in [3.05, 3.63) is 30.1 Å². The molecule has 2 heterocycles. The zero-order chi connectivity index (χ0) is 11.3. The van der Waals surface area contributed by atoms with Crippen molar-refractivity contribution < 1.29 is 9.18 Å². The van der Waals surface area contributed by atoms with Crippen molar-refractivity contribution >= 4 is 11.6 Å². The van der Waals surface area contributed by atoms with E-state index in [1.54, 1.807) is 17.0 Å². The number of carbonyl (C=O) groups excluding carboxylic acids is 1. The predicted octanol–water partition coefficient (Wildman–Crippen LogP) is 1.24. The highest BCUT2D eigenvalue weighted by Crippen LogP contribution is 2.34. The molecule has 0 spiro atoms. The minimum absolute atomic E-state index is 0.00623. The molecule has 0 aliphatic carbocycles. The van der Waals surface area contributed by atoms with Gasteiger partial charge in [-0.15, -0.1) is 0 Å². The smallest absolute Gasteiger partial charge is 0.244 e. The van der Waals surface area contributed by atoms with Crippen molar-refractivity contribution in [1.29, 1.82) is 0 Å². The fourth-order valence-corrected chi connectivity index (χ4v) is 2.75. The first kappa shape index (κ1) is 9.78. The lowest BCUT2D eigenvalue weighted by atomic mass is 10.2. The van der Waals surface area contributed by atoms with Crippen molar-refractivity contribution in [3.8, 4) is 0 Å².